The normalized spacial score (nSPS) is 14.8. The van der Waals surface area contributed by atoms with Gasteiger partial charge in [0.15, 0.2) is 0 Å². The van der Waals surface area contributed by atoms with Gasteiger partial charge in [0.2, 0.25) is 5.91 Å². The third kappa shape index (κ3) is 4.56. The molecule has 0 aromatic heterocycles. The second-order valence-electron chi connectivity index (χ2n) is 4.91. The second kappa shape index (κ2) is 7.14. The minimum absolute atomic E-state index is 0.140. The highest BCUT2D eigenvalue weighted by Crippen LogP contribution is 2.13. The number of nitrogens with one attached hydrogen (secondary N) is 2. The maximum Gasteiger partial charge on any atom is 0.220 e. The zero-order chi connectivity index (χ0) is 13.5. The van der Waals surface area contributed by atoms with Gasteiger partial charge in [-0.2, -0.15) is 0 Å². The van der Waals surface area contributed by atoms with Crippen LogP contribution >= 0.6 is 0 Å². The highest BCUT2D eigenvalue weighted by atomic mass is 16.5. The van der Waals surface area contributed by atoms with Crippen LogP contribution in [0.15, 0.2) is 24.3 Å². The Bertz CT molecular complexity index is 399. The van der Waals surface area contributed by atoms with E-state index in [9.17, 15) is 4.79 Å². The van der Waals surface area contributed by atoms with Crippen molar-refractivity contribution in [2.24, 2.45) is 5.92 Å². The van der Waals surface area contributed by atoms with Crippen LogP contribution in [0.1, 0.15) is 18.9 Å². The predicted octanol–water partition coefficient (Wildman–Crippen LogP) is 1.35. The summed E-state index contributed by atoms with van der Waals surface area (Å²) in [6.45, 7) is 5.50. The number of rotatable bonds is 7. The topological polar surface area (TPSA) is 50.4 Å². The lowest BCUT2D eigenvalue weighted by Gasteiger charge is -2.27. The summed E-state index contributed by atoms with van der Waals surface area (Å²) in [4.78, 5) is 11.7. The summed E-state index contributed by atoms with van der Waals surface area (Å²) in [5.41, 5.74) is 1.17. The molecule has 1 aromatic rings. The van der Waals surface area contributed by atoms with Gasteiger partial charge in [-0.25, -0.2) is 0 Å². The number of amides is 1. The molecule has 0 unspecified atom stereocenters. The van der Waals surface area contributed by atoms with E-state index in [4.69, 9.17) is 4.74 Å². The Kier molecular flexibility index (Phi) is 5.21. The van der Waals surface area contributed by atoms with E-state index in [0.29, 0.717) is 18.9 Å². The molecule has 2 rings (SSSR count). The van der Waals surface area contributed by atoms with Gasteiger partial charge in [0, 0.05) is 32.0 Å². The first-order valence-corrected chi connectivity index (χ1v) is 6.97. The van der Waals surface area contributed by atoms with Crippen LogP contribution in [-0.4, -0.2) is 32.1 Å². The number of carbonyl (C=O) groups is 1. The number of aryl methyl sites for hydroxylation is 1. The Hall–Kier alpha value is -1.55. The number of benzene rings is 1. The molecule has 1 saturated heterocycles. The number of carbonyl (C=O) groups excluding carboxylic acids is 1. The molecule has 104 valence electrons. The molecule has 0 aliphatic carbocycles. The van der Waals surface area contributed by atoms with Gasteiger partial charge in [0.05, 0.1) is 6.61 Å². The van der Waals surface area contributed by atoms with Crippen molar-refractivity contribution in [3.05, 3.63) is 29.8 Å². The molecular weight excluding hydrogens is 240 g/mol. The molecular formula is C15H22N2O2. The molecule has 1 aliphatic rings. The standard InChI is InChI=1S/C15H22N2O2/c1-2-19-14-6-3-12(4-7-14)5-8-15(18)17-11-13-9-16-10-13/h3-4,6-7,13,16H,2,5,8-11H2,1H3,(H,17,18). The smallest absolute Gasteiger partial charge is 0.220 e. The van der Waals surface area contributed by atoms with Gasteiger partial charge in [-0.05, 0) is 31.0 Å². The van der Waals surface area contributed by atoms with Crippen LogP contribution in [0.5, 0.6) is 5.75 Å². The number of hydrogen-bond acceptors (Lipinski definition) is 3. The van der Waals surface area contributed by atoms with Crippen molar-refractivity contribution in [3.8, 4) is 5.75 Å². The van der Waals surface area contributed by atoms with Crippen LogP contribution in [0, 0.1) is 5.92 Å². The van der Waals surface area contributed by atoms with Crippen LogP contribution in [-0.2, 0) is 11.2 Å². The van der Waals surface area contributed by atoms with Crippen molar-refractivity contribution in [1.29, 1.82) is 0 Å². The minimum atomic E-state index is 0.140. The Balaban J connectivity index is 1.67. The summed E-state index contributed by atoms with van der Waals surface area (Å²) in [7, 11) is 0. The molecule has 0 spiro atoms. The predicted molar refractivity (Wildman–Crippen MR) is 75.3 cm³/mol. The molecule has 1 aliphatic heterocycles. The summed E-state index contributed by atoms with van der Waals surface area (Å²) in [6.07, 6.45) is 1.33. The quantitative estimate of drug-likeness (QED) is 0.780. The highest BCUT2D eigenvalue weighted by Gasteiger charge is 2.16. The third-order valence-electron chi connectivity index (χ3n) is 3.33. The number of hydrogen-bond donors (Lipinski definition) is 2. The molecule has 1 heterocycles. The molecule has 1 fully saturated rings. The van der Waals surface area contributed by atoms with E-state index in [1.165, 1.54) is 5.56 Å². The Morgan fingerprint density at radius 3 is 2.68 bits per heavy atom. The largest absolute Gasteiger partial charge is 0.494 e. The first kappa shape index (κ1) is 13.9. The molecule has 0 bridgehead atoms. The van der Waals surface area contributed by atoms with Gasteiger partial charge >= 0.3 is 0 Å². The first-order chi connectivity index (χ1) is 9.28. The van der Waals surface area contributed by atoms with E-state index in [-0.39, 0.29) is 5.91 Å². The lowest BCUT2D eigenvalue weighted by Crippen LogP contribution is -2.48. The van der Waals surface area contributed by atoms with Gasteiger partial charge in [-0.15, -0.1) is 0 Å². The van der Waals surface area contributed by atoms with E-state index >= 15 is 0 Å². The van der Waals surface area contributed by atoms with Gasteiger partial charge < -0.3 is 15.4 Å². The summed E-state index contributed by atoms with van der Waals surface area (Å²) in [6, 6.07) is 7.95. The van der Waals surface area contributed by atoms with Gasteiger partial charge in [-0.1, -0.05) is 12.1 Å². The molecule has 2 N–H and O–H groups in total. The summed E-state index contributed by atoms with van der Waals surface area (Å²) >= 11 is 0. The molecule has 19 heavy (non-hydrogen) atoms. The zero-order valence-corrected chi connectivity index (χ0v) is 11.4. The zero-order valence-electron chi connectivity index (χ0n) is 11.4. The fraction of sp³-hybridized carbons (Fsp3) is 0.533. The van der Waals surface area contributed by atoms with Crippen molar-refractivity contribution in [1.82, 2.24) is 10.6 Å². The van der Waals surface area contributed by atoms with Crippen LogP contribution < -0.4 is 15.4 Å². The van der Waals surface area contributed by atoms with Crippen LogP contribution in [0.2, 0.25) is 0 Å². The van der Waals surface area contributed by atoms with E-state index in [1.54, 1.807) is 0 Å². The van der Waals surface area contributed by atoms with Crippen molar-refractivity contribution in [2.75, 3.05) is 26.2 Å². The van der Waals surface area contributed by atoms with Gasteiger partial charge in [0.1, 0.15) is 5.75 Å². The third-order valence-corrected chi connectivity index (χ3v) is 3.33. The summed E-state index contributed by atoms with van der Waals surface area (Å²) in [5.74, 6) is 1.64. The summed E-state index contributed by atoms with van der Waals surface area (Å²) in [5, 5.41) is 6.18. The van der Waals surface area contributed by atoms with Crippen molar-refractivity contribution in [2.45, 2.75) is 19.8 Å². The van der Waals surface area contributed by atoms with Crippen LogP contribution in [0.25, 0.3) is 0 Å². The molecule has 0 atom stereocenters. The fourth-order valence-electron chi connectivity index (χ4n) is 2.02. The maximum absolute atomic E-state index is 11.7. The van der Waals surface area contributed by atoms with Crippen molar-refractivity contribution >= 4 is 5.91 Å². The molecule has 0 radical (unpaired) electrons. The minimum Gasteiger partial charge on any atom is -0.494 e. The lowest BCUT2D eigenvalue weighted by molar-refractivity contribution is -0.121. The van der Waals surface area contributed by atoms with E-state index in [1.807, 2.05) is 31.2 Å². The van der Waals surface area contributed by atoms with Crippen LogP contribution in [0.3, 0.4) is 0 Å². The van der Waals surface area contributed by atoms with Crippen molar-refractivity contribution in [3.63, 3.8) is 0 Å². The second-order valence-corrected chi connectivity index (χ2v) is 4.91. The van der Waals surface area contributed by atoms with Gasteiger partial charge in [-0.3, -0.25) is 4.79 Å². The van der Waals surface area contributed by atoms with Crippen LogP contribution in [0.4, 0.5) is 0 Å². The Labute approximate surface area is 114 Å². The average molecular weight is 262 g/mol. The molecule has 4 nitrogen and oxygen atoms in total. The molecule has 1 aromatic carbocycles. The van der Waals surface area contributed by atoms with E-state index in [2.05, 4.69) is 10.6 Å². The van der Waals surface area contributed by atoms with E-state index in [0.717, 1.165) is 31.8 Å². The molecule has 4 heteroatoms. The molecule has 0 saturated carbocycles. The maximum atomic E-state index is 11.7. The SMILES string of the molecule is CCOc1ccc(CCC(=O)NCC2CNC2)cc1. The lowest BCUT2D eigenvalue weighted by atomic mass is 10.0. The van der Waals surface area contributed by atoms with E-state index < -0.39 is 0 Å². The number of ether oxygens (including phenoxy) is 1. The molecule has 1 amide bonds. The Morgan fingerprint density at radius 2 is 2.11 bits per heavy atom. The highest BCUT2D eigenvalue weighted by molar-refractivity contribution is 5.76. The van der Waals surface area contributed by atoms with Gasteiger partial charge in [0.25, 0.3) is 0 Å². The summed E-state index contributed by atoms with van der Waals surface area (Å²) < 4.78 is 5.38. The monoisotopic (exact) mass is 262 g/mol. The van der Waals surface area contributed by atoms with Crippen molar-refractivity contribution < 1.29 is 9.53 Å². The first-order valence-electron chi connectivity index (χ1n) is 6.97. The Morgan fingerprint density at radius 1 is 1.37 bits per heavy atom. The average Bonchev–Trinajstić information content (AvgIpc) is 2.36. The fourth-order valence-corrected chi connectivity index (χ4v) is 2.02.